The molecule has 0 bridgehead atoms. The Hall–Kier alpha value is -0.650. The number of amides is 1. The summed E-state index contributed by atoms with van der Waals surface area (Å²) in [5.74, 6) is -0.0314. The van der Waals surface area contributed by atoms with Crippen molar-refractivity contribution in [3.63, 3.8) is 0 Å². The van der Waals surface area contributed by atoms with Crippen LogP contribution in [-0.2, 0) is 14.3 Å². The van der Waals surface area contributed by atoms with Gasteiger partial charge >= 0.3 is 0 Å². The van der Waals surface area contributed by atoms with Gasteiger partial charge in [-0.25, -0.2) is 0 Å². The molecule has 1 amide bonds. The minimum atomic E-state index is -0.147. The third kappa shape index (κ3) is 3.94. The average molecular weight is 242 g/mol. The van der Waals surface area contributed by atoms with Gasteiger partial charge in [0.25, 0.3) is 0 Å². The highest BCUT2D eigenvalue weighted by atomic mass is 16.5. The van der Waals surface area contributed by atoms with Gasteiger partial charge in [0.2, 0.25) is 5.91 Å². The molecule has 17 heavy (non-hydrogen) atoms. The van der Waals surface area contributed by atoms with E-state index >= 15 is 0 Å². The molecule has 0 spiro atoms. The number of carbonyl (C=O) groups is 1. The Morgan fingerprint density at radius 1 is 1.59 bits per heavy atom. The van der Waals surface area contributed by atoms with Crippen LogP contribution in [0.2, 0.25) is 0 Å². The van der Waals surface area contributed by atoms with Gasteiger partial charge in [0.1, 0.15) is 6.61 Å². The topological polar surface area (TPSA) is 59.6 Å². The van der Waals surface area contributed by atoms with Crippen LogP contribution in [0.15, 0.2) is 0 Å². The molecule has 0 aromatic heterocycles. The molecular weight excluding hydrogens is 220 g/mol. The van der Waals surface area contributed by atoms with Gasteiger partial charge in [-0.2, -0.15) is 0 Å². The van der Waals surface area contributed by atoms with E-state index < -0.39 is 0 Å². The summed E-state index contributed by atoms with van der Waals surface area (Å²) in [5.41, 5.74) is -0.147. The average Bonchev–Trinajstić information content (AvgIpc) is 2.77. The summed E-state index contributed by atoms with van der Waals surface area (Å²) >= 11 is 0. The van der Waals surface area contributed by atoms with Crippen LogP contribution in [-0.4, -0.2) is 50.5 Å². The van der Waals surface area contributed by atoms with Gasteiger partial charge in [-0.05, 0) is 26.2 Å². The molecule has 5 heteroatoms. The predicted molar refractivity (Wildman–Crippen MR) is 63.8 cm³/mol. The van der Waals surface area contributed by atoms with E-state index in [0.29, 0.717) is 12.6 Å². The minimum Gasteiger partial charge on any atom is -0.378 e. The fraction of sp³-hybridized carbons (Fsp3) is 0.917. The van der Waals surface area contributed by atoms with Crippen LogP contribution in [0.5, 0.6) is 0 Å². The summed E-state index contributed by atoms with van der Waals surface area (Å²) in [6, 6.07) is 0. The number of ether oxygens (including phenoxy) is 2. The molecule has 1 unspecified atom stereocenters. The molecule has 2 N–H and O–H groups in total. The molecule has 0 aromatic rings. The first-order chi connectivity index (χ1) is 8.18. The number of hydrogen-bond donors (Lipinski definition) is 2. The van der Waals surface area contributed by atoms with Gasteiger partial charge in [-0.1, -0.05) is 0 Å². The molecule has 2 rings (SSSR count). The van der Waals surface area contributed by atoms with Crippen molar-refractivity contribution in [3.05, 3.63) is 0 Å². The molecule has 2 fully saturated rings. The first kappa shape index (κ1) is 12.8. The predicted octanol–water partition coefficient (Wildman–Crippen LogP) is 0.0502. The van der Waals surface area contributed by atoms with E-state index in [-0.39, 0.29) is 18.1 Å². The summed E-state index contributed by atoms with van der Waals surface area (Å²) in [4.78, 5) is 11.5. The van der Waals surface area contributed by atoms with E-state index in [0.717, 1.165) is 39.0 Å². The lowest BCUT2D eigenvalue weighted by molar-refractivity contribution is -0.135. The van der Waals surface area contributed by atoms with E-state index in [2.05, 4.69) is 10.6 Å². The van der Waals surface area contributed by atoms with Crippen molar-refractivity contribution >= 4 is 5.91 Å². The normalized spacial score (nSPS) is 26.5. The van der Waals surface area contributed by atoms with Gasteiger partial charge in [0.05, 0.1) is 11.7 Å². The smallest absolute Gasteiger partial charge is 0.246 e. The molecule has 2 heterocycles. The number of nitrogens with one attached hydrogen (secondary N) is 2. The third-order valence-electron chi connectivity index (χ3n) is 3.36. The van der Waals surface area contributed by atoms with Crippen LogP contribution in [0.25, 0.3) is 0 Å². The quantitative estimate of drug-likeness (QED) is 0.691. The van der Waals surface area contributed by atoms with Crippen LogP contribution in [0.3, 0.4) is 0 Å². The van der Waals surface area contributed by atoms with Crippen LogP contribution >= 0.6 is 0 Å². The molecule has 0 radical (unpaired) electrons. The second-order valence-electron chi connectivity index (χ2n) is 5.12. The summed E-state index contributed by atoms with van der Waals surface area (Å²) in [6.07, 6.45) is 3.51. The Labute approximate surface area is 102 Å². The van der Waals surface area contributed by atoms with Crippen molar-refractivity contribution in [2.24, 2.45) is 0 Å². The Kier molecular flexibility index (Phi) is 4.36. The number of hydrogen-bond acceptors (Lipinski definition) is 4. The van der Waals surface area contributed by atoms with Crippen molar-refractivity contribution in [2.45, 2.75) is 37.9 Å². The second-order valence-corrected chi connectivity index (χ2v) is 5.12. The van der Waals surface area contributed by atoms with E-state index in [1.165, 1.54) is 0 Å². The lowest BCUT2D eigenvalue weighted by Gasteiger charge is -2.38. The maximum Gasteiger partial charge on any atom is 0.246 e. The molecule has 98 valence electrons. The first-order valence-electron chi connectivity index (χ1n) is 6.41. The second kappa shape index (κ2) is 5.80. The van der Waals surface area contributed by atoms with Gasteiger partial charge in [0, 0.05) is 26.2 Å². The number of carbonyl (C=O) groups excluding carboxylic acids is 1. The lowest BCUT2D eigenvalue weighted by Crippen LogP contribution is -2.59. The van der Waals surface area contributed by atoms with Crippen LogP contribution < -0.4 is 10.6 Å². The Balaban J connectivity index is 1.51. The fourth-order valence-corrected chi connectivity index (χ4v) is 2.11. The molecule has 0 saturated carbocycles. The van der Waals surface area contributed by atoms with Gasteiger partial charge in [-0.3, -0.25) is 4.79 Å². The Morgan fingerprint density at radius 3 is 3.00 bits per heavy atom. The van der Waals surface area contributed by atoms with Crippen molar-refractivity contribution in [3.8, 4) is 0 Å². The van der Waals surface area contributed by atoms with Crippen molar-refractivity contribution in [1.82, 2.24) is 10.6 Å². The molecular formula is C12H22N2O3. The van der Waals surface area contributed by atoms with Crippen molar-refractivity contribution < 1.29 is 14.3 Å². The summed E-state index contributed by atoms with van der Waals surface area (Å²) in [6.45, 7) is 5.38. The van der Waals surface area contributed by atoms with Gasteiger partial charge < -0.3 is 20.1 Å². The summed E-state index contributed by atoms with van der Waals surface area (Å²) in [5, 5.41) is 6.00. The van der Waals surface area contributed by atoms with Gasteiger partial charge in [-0.15, -0.1) is 0 Å². The molecule has 2 aliphatic rings. The highest BCUT2D eigenvalue weighted by Gasteiger charge is 2.32. The zero-order valence-electron chi connectivity index (χ0n) is 10.5. The molecule has 0 aliphatic carbocycles. The number of rotatable bonds is 6. The van der Waals surface area contributed by atoms with Gasteiger partial charge in [0.15, 0.2) is 0 Å². The zero-order valence-corrected chi connectivity index (χ0v) is 10.5. The molecule has 5 nitrogen and oxygen atoms in total. The first-order valence-corrected chi connectivity index (χ1v) is 6.41. The van der Waals surface area contributed by atoms with Crippen LogP contribution in [0.4, 0.5) is 0 Å². The maximum atomic E-state index is 11.5. The largest absolute Gasteiger partial charge is 0.378 e. The lowest BCUT2D eigenvalue weighted by atomic mass is 10.0. The Morgan fingerprint density at radius 2 is 2.41 bits per heavy atom. The Bertz CT molecular complexity index is 260. The van der Waals surface area contributed by atoms with Crippen molar-refractivity contribution in [1.29, 1.82) is 0 Å². The molecule has 1 atom stereocenters. The minimum absolute atomic E-state index is 0.0314. The van der Waals surface area contributed by atoms with Crippen LogP contribution in [0.1, 0.15) is 26.2 Å². The third-order valence-corrected chi connectivity index (χ3v) is 3.36. The molecule has 2 aliphatic heterocycles. The summed E-state index contributed by atoms with van der Waals surface area (Å²) < 4.78 is 11.0. The highest BCUT2D eigenvalue weighted by Crippen LogP contribution is 2.15. The highest BCUT2D eigenvalue weighted by molar-refractivity contribution is 5.77. The molecule has 2 saturated heterocycles. The fourth-order valence-electron chi connectivity index (χ4n) is 2.11. The zero-order chi connectivity index (χ0) is 12.1. The summed E-state index contributed by atoms with van der Waals surface area (Å²) in [7, 11) is 0. The van der Waals surface area contributed by atoms with Crippen LogP contribution in [0, 0.1) is 0 Å². The maximum absolute atomic E-state index is 11.5. The van der Waals surface area contributed by atoms with E-state index in [9.17, 15) is 4.79 Å². The van der Waals surface area contributed by atoms with E-state index in [1.807, 2.05) is 6.92 Å². The SMILES string of the molecule is CC1(OCC(=O)NCCC2CCCO2)CNC1. The molecule has 0 aromatic carbocycles. The van der Waals surface area contributed by atoms with E-state index in [4.69, 9.17) is 9.47 Å². The standard InChI is InChI=1S/C12H22N2O3/c1-12(8-13-9-12)17-7-11(15)14-5-4-10-3-2-6-16-10/h10,13H,2-9H2,1H3,(H,14,15). The van der Waals surface area contributed by atoms with E-state index in [1.54, 1.807) is 0 Å². The van der Waals surface area contributed by atoms with Crippen molar-refractivity contribution in [2.75, 3.05) is 32.8 Å². The monoisotopic (exact) mass is 242 g/mol.